The molecular weight excluding hydrogens is 252 g/mol. The third kappa shape index (κ3) is 10.6. The van der Waals surface area contributed by atoms with Crippen molar-refractivity contribution in [3.8, 4) is 23.7 Å². The molecule has 0 spiro atoms. The minimum absolute atomic E-state index is 0.189. The van der Waals surface area contributed by atoms with E-state index in [0.717, 1.165) is 12.8 Å². The normalized spacial score (nSPS) is 14.2. The van der Waals surface area contributed by atoms with E-state index in [4.69, 9.17) is 5.11 Å². The molecule has 3 nitrogen and oxygen atoms in total. The average Bonchev–Trinajstić information content (AvgIpc) is 2.45. The van der Waals surface area contributed by atoms with E-state index in [-0.39, 0.29) is 6.42 Å². The fraction of sp³-hybridized carbons (Fsp3) is 0.647. The molecule has 0 saturated carbocycles. The van der Waals surface area contributed by atoms with E-state index in [1.165, 1.54) is 25.3 Å². The first-order valence-corrected chi connectivity index (χ1v) is 7.27. The highest BCUT2D eigenvalue weighted by atomic mass is 16.3. The summed E-state index contributed by atoms with van der Waals surface area (Å²) in [6, 6.07) is 0. The van der Waals surface area contributed by atoms with Crippen LogP contribution in [0.4, 0.5) is 0 Å². The van der Waals surface area contributed by atoms with E-state index >= 15 is 0 Å². The lowest BCUT2D eigenvalue weighted by atomic mass is 10.0. The summed E-state index contributed by atoms with van der Waals surface area (Å²) in [5.41, 5.74) is 0. The van der Waals surface area contributed by atoms with Gasteiger partial charge in [-0.05, 0) is 18.3 Å². The SMILES string of the molecule is C=C[C@H](O)C#CC#CC[C@H](O)[C@H](O)CCCCCCC. The molecule has 0 aromatic heterocycles. The molecule has 0 aliphatic rings. The topological polar surface area (TPSA) is 60.7 Å². The Morgan fingerprint density at radius 1 is 1.00 bits per heavy atom. The second kappa shape index (κ2) is 12.8. The molecule has 0 aliphatic carbocycles. The first-order chi connectivity index (χ1) is 9.61. The summed E-state index contributed by atoms with van der Waals surface area (Å²) in [7, 11) is 0. The number of hydrogen-bond acceptors (Lipinski definition) is 3. The van der Waals surface area contributed by atoms with E-state index < -0.39 is 18.3 Å². The maximum atomic E-state index is 9.75. The van der Waals surface area contributed by atoms with Crippen molar-refractivity contribution in [2.24, 2.45) is 0 Å². The summed E-state index contributed by atoms with van der Waals surface area (Å²) in [6.45, 7) is 5.55. The zero-order valence-electron chi connectivity index (χ0n) is 12.3. The quantitative estimate of drug-likeness (QED) is 0.343. The zero-order valence-corrected chi connectivity index (χ0v) is 12.3. The van der Waals surface area contributed by atoms with Gasteiger partial charge in [0.2, 0.25) is 0 Å². The Labute approximate surface area is 122 Å². The molecule has 0 aromatic rings. The van der Waals surface area contributed by atoms with Crippen LogP contribution >= 0.6 is 0 Å². The number of rotatable bonds is 9. The van der Waals surface area contributed by atoms with E-state index in [2.05, 4.69) is 37.2 Å². The van der Waals surface area contributed by atoms with Gasteiger partial charge in [0.25, 0.3) is 0 Å². The van der Waals surface area contributed by atoms with Crippen molar-refractivity contribution in [3.05, 3.63) is 12.7 Å². The second-order valence-corrected chi connectivity index (χ2v) is 4.79. The third-order valence-corrected chi connectivity index (χ3v) is 2.95. The molecule has 0 rings (SSSR count). The van der Waals surface area contributed by atoms with Crippen LogP contribution in [0.1, 0.15) is 51.9 Å². The Morgan fingerprint density at radius 3 is 2.35 bits per heavy atom. The van der Waals surface area contributed by atoms with Crippen LogP contribution in [0.25, 0.3) is 0 Å². The van der Waals surface area contributed by atoms with E-state index in [1.807, 2.05) is 0 Å². The van der Waals surface area contributed by atoms with Crippen molar-refractivity contribution in [1.29, 1.82) is 0 Å². The van der Waals surface area contributed by atoms with Crippen LogP contribution in [0.5, 0.6) is 0 Å². The first kappa shape index (κ1) is 18.7. The lowest BCUT2D eigenvalue weighted by molar-refractivity contribution is 0.0165. The molecule has 0 saturated heterocycles. The molecule has 0 aromatic carbocycles. The molecule has 20 heavy (non-hydrogen) atoms. The monoisotopic (exact) mass is 278 g/mol. The molecule has 0 aliphatic heterocycles. The predicted molar refractivity (Wildman–Crippen MR) is 81.8 cm³/mol. The van der Waals surface area contributed by atoms with Crippen LogP contribution in [0, 0.1) is 23.7 Å². The fourth-order valence-electron chi connectivity index (χ4n) is 1.65. The summed E-state index contributed by atoms with van der Waals surface area (Å²) in [5, 5.41) is 28.5. The minimum atomic E-state index is -0.872. The molecule has 112 valence electrons. The number of aliphatic hydroxyl groups excluding tert-OH is 3. The highest BCUT2D eigenvalue weighted by molar-refractivity contribution is 5.28. The van der Waals surface area contributed by atoms with Crippen LogP contribution in [-0.2, 0) is 0 Å². The smallest absolute Gasteiger partial charge is 0.134 e. The maximum absolute atomic E-state index is 9.75. The summed E-state index contributed by atoms with van der Waals surface area (Å²) in [4.78, 5) is 0. The van der Waals surface area contributed by atoms with Crippen LogP contribution in [0.15, 0.2) is 12.7 Å². The predicted octanol–water partition coefficient (Wildman–Crippen LogP) is 2.01. The van der Waals surface area contributed by atoms with Crippen molar-refractivity contribution in [2.75, 3.05) is 0 Å². The van der Waals surface area contributed by atoms with Crippen LogP contribution in [0.3, 0.4) is 0 Å². The summed E-state index contributed by atoms with van der Waals surface area (Å²) in [5.74, 6) is 10.1. The van der Waals surface area contributed by atoms with E-state index in [1.54, 1.807) is 0 Å². The van der Waals surface area contributed by atoms with Crippen molar-refractivity contribution in [1.82, 2.24) is 0 Å². The third-order valence-electron chi connectivity index (χ3n) is 2.95. The number of unbranched alkanes of at least 4 members (excludes halogenated alkanes) is 4. The Balaban J connectivity index is 3.84. The second-order valence-electron chi connectivity index (χ2n) is 4.79. The zero-order chi connectivity index (χ0) is 15.2. The highest BCUT2D eigenvalue weighted by Crippen LogP contribution is 2.10. The summed E-state index contributed by atoms with van der Waals surface area (Å²) < 4.78 is 0. The lowest BCUT2D eigenvalue weighted by Crippen LogP contribution is -2.25. The molecule has 0 amide bonds. The number of aliphatic hydroxyl groups is 3. The molecule has 3 heteroatoms. The van der Waals surface area contributed by atoms with Crippen LogP contribution in [-0.4, -0.2) is 33.6 Å². The van der Waals surface area contributed by atoms with Gasteiger partial charge in [0, 0.05) is 6.42 Å². The summed E-state index contributed by atoms with van der Waals surface area (Å²) >= 11 is 0. The van der Waals surface area contributed by atoms with Gasteiger partial charge in [-0.3, -0.25) is 0 Å². The van der Waals surface area contributed by atoms with Gasteiger partial charge in [0.1, 0.15) is 6.10 Å². The van der Waals surface area contributed by atoms with Crippen molar-refractivity contribution in [3.63, 3.8) is 0 Å². The van der Waals surface area contributed by atoms with Crippen molar-refractivity contribution in [2.45, 2.75) is 70.2 Å². The first-order valence-electron chi connectivity index (χ1n) is 7.27. The standard InChI is InChI=1S/C17H26O3/c1-3-5-6-7-10-13-16(19)17(20)14-11-8-9-12-15(18)4-2/h4,15-20H,2-3,5-7,10,13-14H2,1H3/t15-,16+,17-/m0/s1. The van der Waals surface area contributed by atoms with E-state index in [9.17, 15) is 10.2 Å². The van der Waals surface area contributed by atoms with Gasteiger partial charge in [-0.1, -0.05) is 63.5 Å². The average molecular weight is 278 g/mol. The summed E-state index contributed by atoms with van der Waals surface area (Å²) in [6.07, 6.45) is 5.29. The van der Waals surface area contributed by atoms with Gasteiger partial charge in [0.05, 0.1) is 12.2 Å². The van der Waals surface area contributed by atoms with Crippen molar-refractivity contribution >= 4 is 0 Å². The molecule has 0 fully saturated rings. The molecule has 0 radical (unpaired) electrons. The number of hydrogen-bond donors (Lipinski definition) is 3. The largest absolute Gasteiger partial charge is 0.390 e. The van der Waals surface area contributed by atoms with Gasteiger partial charge in [-0.15, -0.1) is 0 Å². The van der Waals surface area contributed by atoms with Crippen LogP contribution < -0.4 is 0 Å². The Morgan fingerprint density at radius 2 is 1.70 bits per heavy atom. The highest BCUT2D eigenvalue weighted by Gasteiger charge is 2.14. The minimum Gasteiger partial charge on any atom is -0.390 e. The molecule has 0 bridgehead atoms. The van der Waals surface area contributed by atoms with Gasteiger partial charge in [-0.2, -0.15) is 0 Å². The molecule has 3 N–H and O–H groups in total. The molecule has 0 unspecified atom stereocenters. The van der Waals surface area contributed by atoms with Gasteiger partial charge in [0.15, 0.2) is 0 Å². The van der Waals surface area contributed by atoms with E-state index in [0.29, 0.717) is 6.42 Å². The van der Waals surface area contributed by atoms with Crippen molar-refractivity contribution < 1.29 is 15.3 Å². The van der Waals surface area contributed by atoms with Gasteiger partial charge < -0.3 is 15.3 Å². The fourth-order valence-corrected chi connectivity index (χ4v) is 1.65. The van der Waals surface area contributed by atoms with Crippen LogP contribution in [0.2, 0.25) is 0 Å². The molecule has 0 heterocycles. The van der Waals surface area contributed by atoms with Gasteiger partial charge >= 0.3 is 0 Å². The molecular formula is C17H26O3. The Kier molecular flexibility index (Phi) is 12.0. The Hall–Kier alpha value is -1.26. The lowest BCUT2D eigenvalue weighted by Gasteiger charge is -2.15. The molecule has 3 atom stereocenters. The Bertz CT molecular complexity index is 367. The van der Waals surface area contributed by atoms with Gasteiger partial charge in [-0.25, -0.2) is 0 Å². The maximum Gasteiger partial charge on any atom is 0.134 e.